The van der Waals surface area contributed by atoms with E-state index in [4.69, 9.17) is 17.2 Å². The van der Waals surface area contributed by atoms with Gasteiger partial charge in [0, 0.05) is 39.3 Å². The van der Waals surface area contributed by atoms with Gasteiger partial charge in [0.2, 0.25) is 0 Å². The zero-order valence-corrected chi connectivity index (χ0v) is 18.3. The molecular weight excluding hydrogens is 426 g/mol. The Morgan fingerprint density at radius 2 is 0.794 bits per heavy atom. The second-order valence-corrected chi connectivity index (χ2v) is 7.91. The number of rotatable bonds is 7. The summed E-state index contributed by atoms with van der Waals surface area (Å²) in [6, 6.07) is 27.3. The van der Waals surface area contributed by atoms with Crippen molar-refractivity contribution in [2.45, 2.75) is 5.41 Å². The van der Waals surface area contributed by atoms with Crippen LogP contribution in [0.2, 0.25) is 0 Å². The highest BCUT2D eigenvalue weighted by molar-refractivity contribution is 6.41. The first kappa shape index (κ1) is 22.5. The lowest BCUT2D eigenvalue weighted by atomic mass is 9.64. The molecule has 0 amide bonds. The van der Waals surface area contributed by atoms with Crippen LogP contribution in [-0.2, 0) is 5.41 Å². The average Bonchev–Trinajstić information content (AvgIpc) is 2.86. The molecule has 4 aromatic rings. The van der Waals surface area contributed by atoms with Crippen molar-refractivity contribution < 1.29 is 14.4 Å². The van der Waals surface area contributed by atoms with Gasteiger partial charge in [0.25, 0.3) is 0 Å². The van der Waals surface area contributed by atoms with Crippen LogP contribution in [0.25, 0.3) is 0 Å². The quantitative estimate of drug-likeness (QED) is 0.219. The van der Waals surface area contributed by atoms with E-state index >= 15 is 0 Å². The number of anilines is 3. The molecule has 168 valence electrons. The molecule has 6 heteroatoms. The number of hydrogen-bond acceptors (Lipinski definition) is 6. The highest BCUT2D eigenvalue weighted by atomic mass is 16.2. The third-order valence-corrected chi connectivity index (χ3v) is 5.73. The molecule has 34 heavy (non-hydrogen) atoms. The van der Waals surface area contributed by atoms with Crippen molar-refractivity contribution in [2.75, 3.05) is 17.2 Å². The topological polar surface area (TPSA) is 129 Å². The normalized spacial score (nSPS) is 11.1. The second kappa shape index (κ2) is 9.03. The van der Waals surface area contributed by atoms with E-state index < -0.39 is 22.8 Å². The van der Waals surface area contributed by atoms with Crippen molar-refractivity contribution in [1.29, 1.82) is 0 Å². The lowest BCUT2D eigenvalue weighted by molar-refractivity contribution is 0.0686. The molecule has 0 heterocycles. The molecule has 0 aliphatic heterocycles. The Morgan fingerprint density at radius 3 is 1.09 bits per heavy atom. The minimum Gasteiger partial charge on any atom is -0.399 e. The lowest BCUT2D eigenvalue weighted by Crippen LogP contribution is -2.51. The van der Waals surface area contributed by atoms with Gasteiger partial charge in [-0.3, -0.25) is 14.4 Å². The van der Waals surface area contributed by atoms with Crippen LogP contribution in [0.5, 0.6) is 0 Å². The molecule has 0 aliphatic rings. The summed E-state index contributed by atoms with van der Waals surface area (Å²) < 4.78 is 0. The Kier molecular flexibility index (Phi) is 5.97. The number of carbonyl (C=O) groups is 3. The number of ketones is 3. The van der Waals surface area contributed by atoms with Gasteiger partial charge in [0.05, 0.1) is 0 Å². The van der Waals surface area contributed by atoms with Gasteiger partial charge in [-0.15, -0.1) is 0 Å². The van der Waals surface area contributed by atoms with Crippen molar-refractivity contribution in [1.82, 2.24) is 0 Å². The summed E-state index contributed by atoms with van der Waals surface area (Å²) in [5, 5.41) is 0. The number of carbonyl (C=O) groups excluding carboxylic acids is 3. The maximum absolute atomic E-state index is 14.3. The van der Waals surface area contributed by atoms with Crippen molar-refractivity contribution in [3.63, 3.8) is 0 Å². The Hall–Kier alpha value is -4.71. The van der Waals surface area contributed by atoms with Crippen molar-refractivity contribution in [3.05, 3.63) is 125 Å². The summed E-state index contributed by atoms with van der Waals surface area (Å²) in [5.41, 5.74) is 16.9. The van der Waals surface area contributed by atoms with Gasteiger partial charge in [0.1, 0.15) is 0 Å². The van der Waals surface area contributed by atoms with Gasteiger partial charge in [-0.25, -0.2) is 0 Å². The minimum atomic E-state index is -2.37. The second-order valence-electron chi connectivity index (χ2n) is 7.91. The van der Waals surface area contributed by atoms with E-state index in [1.54, 1.807) is 91.0 Å². The van der Waals surface area contributed by atoms with E-state index in [1.165, 1.54) is 12.1 Å². The van der Waals surface area contributed by atoms with Crippen LogP contribution in [-0.4, -0.2) is 17.3 Å². The van der Waals surface area contributed by atoms with Crippen LogP contribution in [0.4, 0.5) is 17.1 Å². The van der Waals surface area contributed by atoms with Gasteiger partial charge in [-0.05, 0) is 12.1 Å². The molecule has 0 unspecified atom stereocenters. The van der Waals surface area contributed by atoms with Gasteiger partial charge in [0.15, 0.2) is 22.8 Å². The van der Waals surface area contributed by atoms with Crippen molar-refractivity contribution in [3.8, 4) is 0 Å². The molecule has 0 spiro atoms. The van der Waals surface area contributed by atoms with Gasteiger partial charge >= 0.3 is 0 Å². The Morgan fingerprint density at radius 1 is 0.500 bits per heavy atom. The van der Waals surface area contributed by atoms with E-state index in [0.717, 1.165) is 0 Å². The van der Waals surface area contributed by atoms with E-state index in [2.05, 4.69) is 0 Å². The fourth-order valence-electron chi connectivity index (χ4n) is 4.21. The predicted molar refractivity (Wildman–Crippen MR) is 134 cm³/mol. The Balaban J connectivity index is 2.15. The lowest BCUT2D eigenvalue weighted by Gasteiger charge is -2.32. The van der Waals surface area contributed by atoms with Crippen LogP contribution in [0.3, 0.4) is 0 Å². The summed E-state index contributed by atoms with van der Waals surface area (Å²) in [7, 11) is 0. The number of benzene rings is 4. The first-order chi connectivity index (χ1) is 16.4. The zero-order chi connectivity index (χ0) is 24.3. The maximum Gasteiger partial charge on any atom is 0.189 e. The summed E-state index contributed by atoms with van der Waals surface area (Å²) in [6.07, 6.45) is 0. The van der Waals surface area contributed by atoms with E-state index in [0.29, 0.717) is 0 Å². The first-order valence-corrected chi connectivity index (χ1v) is 10.6. The molecule has 0 saturated carbocycles. The van der Waals surface area contributed by atoms with Gasteiger partial charge in [-0.2, -0.15) is 0 Å². The van der Waals surface area contributed by atoms with Crippen LogP contribution in [0.15, 0.2) is 103 Å². The van der Waals surface area contributed by atoms with Crippen LogP contribution >= 0.6 is 0 Å². The van der Waals surface area contributed by atoms with E-state index in [9.17, 15) is 14.4 Å². The summed E-state index contributed by atoms with van der Waals surface area (Å²) in [4.78, 5) is 42.9. The molecule has 0 aromatic heterocycles. The Bertz CT molecular complexity index is 1220. The average molecular weight is 450 g/mol. The van der Waals surface area contributed by atoms with Gasteiger partial charge < -0.3 is 17.2 Å². The van der Waals surface area contributed by atoms with Crippen molar-refractivity contribution in [2.24, 2.45) is 0 Å². The molecule has 0 fully saturated rings. The van der Waals surface area contributed by atoms with Gasteiger partial charge in [-0.1, -0.05) is 91.0 Å². The highest BCUT2D eigenvalue weighted by Crippen LogP contribution is 2.43. The molecule has 0 radical (unpaired) electrons. The van der Waals surface area contributed by atoms with E-state index in [1.807, 2.05) is 0 Å². The van der Waals surface area contributed by atoms with Crippen LogP contribution in [0.1, 0.15) is 36.6 Å². The van der Waals surface area contributed by atoms with Crippen molar-refractivity contribution >= 4 is 34.4 Å². The fraction of sp³-hybridized carbons (Fsp3) is 0.0357. The summed E-state index contributed by atoms with van der Waals surface area (Å²) >= 11 is 0. The monoisotopic (exact) mass is 449 g/mol. The van der Waals surface area contributed by atoms with E-state index in [-0.39, 0.29) is 39.3 Å². The Labute approximate surface area is 197 Å². The summed E-state index contributed by atoms with van der Waals surface area (Å²) in [6.45, 7) is 0. The molecular formula is C28H23N3O3. The molecule has 0 saturated heterocycles. The largest absolute Gasteiger partial charge is 0.399 e. The smallest absolute Gasteiger partial charge is 0.189 e. The maximum atomic E-state index is 14.3. The third kappa shape index (κ3) is 3.71. The SMILES string of the molecule is Nc1cc(N)c(C(C(=O)c2ccccc2)(C(=O)c2ccccc2)C(=O)c2ccccc2)c(N)c1. The number of nitrogens with two attached hydrogens (primary N) is 3. The predicted octanol–water partition coefficient (Wildman–Crippen LogP) is 4.32. The minimum absolute atomic E-state index is 0.0182. The molecule has 6 N–H and O–H groups in total. The molecule has 4 rings (SSSR count). The standard InChI is InChI=1S/C28H23N3O3/c29-21-16-22(30)24(23(31)17-21)28(25(32)18-10-4-1-5-11-18,26(33)19-12-6-2-7-13-19)27(34)20-14-8-3-9-15-20/h1-17H,29-31H2. The number of nitrogen functional groups attached to an aromatic ring is 3. The zero-order valence-electron chi connectivity index (χ0n) is 18.3. The number of Topliss-reactive ketones (excluding diaryl/α,β-unsaturated/α-hetero) is 3. The van der Waals surface area contributed by atoms with Crippen LogP contribution < -0.4 is 17.2 Å². The molecule has 0 atom stereocenters. The molecule has 0 aliphatic carbocycles. The van der Waals surface area contributed by atoms with Crippen LogP contribution in [0, 0.1) is 0 Å². The summed E-state index contributed by atoms with van der Waals surface area (Å²) in [5.74, 6) is -2.17. The molecule has 6 nitrogen and oxygen atoms in total. The third-order valence-electron chi connectivity index (χ3n) is 5.73. The molecule has 0 bridgehead atoms. The first-order valence-electron chi connectivity index (χ1n) is 10.6. The highest BCUT2D eigenvalue weighted by Gasteiger charge is 2.56. The fourth-order valence-corrected chi connectivity index (χ4v) is 4.21. The number of hydrogen-bond donors (Lipinski definition) is 3. The molecule has 4 aromatic carbocycles.